The van der Waals surface area contributed by atoms with Crippen molar-refractivity contribution in [1.29, 1.82) is 0 Å². The van der Waals surface area contributed by atoms with Gasteiger partial charge >= 0.3 is 0 Å². The Hall–Kier alpha value is -1.09. The smallest absolute Gasteiger partial charge is 0.0560 e. The fourth-order valence-corrected chi connectivity index (χ4v) is 2.60. The van der Waals surface area contributed by atoms with Crippen LogP contribution in [0.5, 0.6) is 0 Å². The normalized spacial score (nSPS) is 17.8. The molecule has 0 saturated carbocycles. The molecule has 0 aliphatic carbocycles. The summed E-state index contributed by atoms with van der Waals surface area (Å²) in [6.07, 6.45) is 4.47. The van der Waals surface area contributed by atoms with Crippen molar-refractivity contribution in [2.24, 2.45) is 17.6 Å². The van der Waals surface area contributed by atoms with Crippen molar-refractivity contribution in [1.82, 2.24) is 4.98 Å². The molecule has 0 amide bonds. The lowest BCUT2D eigenvalue weighted by Crippen LogP contribution is -2.35. The zero-order valence-electron chi connectivity index (χ0n) is 10.9. The van der Waals surface area contributed by atoms with Crippen LogP contribution in [0.15, 0.2) is 18.3 Å². The summed E-state index contributed by atoms with van der Waals surface area (Å²) in [6, 6.07) is 4.21. The van der Waals surface area contributed by atoms with Crippen molar-refractivity contribution in [3.8, 4) is 0 Å². The second kappa shape index (κ2) is 5.50. The van der Waals surface area contributed by atoms with Crippen molar-refractivity contribution in [3.63, 3.8) is 0 Å². The second-order valence-corrected chi connectivity index (χ2v) is 5.28. The van der Waals surface area contributed by atoms with Crippen LogP contribution in [-0.2, 0) is 6.54 Å². The molecule has 0 radical (unpaired) electrons. The van der Waals surface area contributed by atoms with Gasteiger partial charge < -0.3 is 10.6 Å². The molecule has 3 nitrogen and oxygen atoms in total. The van der Waals surface area contributed by atoms with E-state index in [1.54, 1.807) is 0 Å². The van der Waals surface area contributed by atoms with Crippen molar-refractivity contribution < 1.29 is 0 Å². The molecule has 1 fully saturated rings. The molecule has 0 spiro atoms. The number of nitrogens with two attached hydrogens (primary N) is 1. The van der Waals surface area contributed by atoms with E-state index in [1.165, 1.54) is 18.5 Å². The first kappa shape index (κ1) is 12.4. The van der Waals surface area contributed by atoms with Crippen molar-refractivity contribution in [2.75, 3.05) is 18.0 Å². The minimum absolute atomic E-state index is 0.524. The molecule has 1 aliphatic rings. The predicted molar refractivity (Wildman–Crippen MR) is 71.9 cm³/mol. The van der Waals surface area contributed by atoms with E-state index in [2.05, 4.69) is 35.9 Å². The van der Waals surface area contributed by atoms with E-state index in [0.29, 0.717) is 6.54 Å². The Morgan fingerprint density at radius 3 is 2.71 bits per heavy atom. The molecule has 1 aliphatic heterocycles. The van der Waals surface area contributed by atoms with Crippen LogP contribution in [0.25, 0.3) is 0 Å². The Kier molecular flexibility index (Phi) is 4.00. The van der Waals surface area contributed by atoms with Gasteiger partial charge in [0.25, 0.3) is 0 Å². The van der Waals surface area contributed by atoms with Crippen LogP contribution in [0.4, 0.5) is 5.69 Å². The van der Waals surface area contributed by atoms with Gasteiger partial charge in [-0.05, 0) is 36.8 Å². The minimum Gasteiger partial charge on any atom is -0.371 e. The fourth-order valence-electron chi connectivity index (χ4n) is 2.60. The first-order valence-corrected chi connectivity index (χ1v) is 6.60. The number of pyridine rings is 1. The third kappa shape index (κ3) is 2.97. The van der Waals surface area contributed by atoms with Crippen LogP contribution < -0.4 is 10.6 Å². The SMILES string of the molecule is CC(C)C1CCN(c2ccnc(CN)c2)CC1. The lowest BCUT2D eigenvalue weighted by atomic mass is 9.86. The Morgan fingerprint density at radius 2 is 2.12 bits per heavy atom. The third-order valence-corrected chi connectivity index (χ3v) is 3.86. The van der Waals surface area contributed by atoms with E-state index in [4.69, 9.17) is 5.73 Å². The Bertz CT molecular complexity index is 354. The van der Waals surface area contributed by atoms with E-state index in [1.807, 2.05) is 6.20 Å². The van der Waals surface area contributed by atoms with Gasteiger partial charge in [-0.1, -0.05) is 13.8 Å². The molecule has 2 rings (SSSR count). The monoisotopic (exact) mass is 233 g/mol. The Balaban J connectivity index is 2.00. The summed E-state index contributed by atoms with van der Waals surface area (Å²) in [5.41, 5.74) is 7.89. The fraction of sp³-hybridized carbons (Fsp3) is 0.643. The highest BCUT2D eigenvalue weighted by atomic mass is 15.1. The van der Waals surface area contributed by atoms with E-state index < -0.39 is 0 Å². The maximum atomic E-state index is 5.63. The number of aromatic nitrogens is 1. The van der Waals surface area contributed by atoms with Gasteiger partial charge in [0, 0.05) is 31.5 Å². The highest BCUT2D eigenvalue weighted by Crippen LogP contribution is 2.27. The summed E-state index contributed by atoms with van der Waals surface area (Å²) >= 11 is 0. The first-order valence-electron chi connectivity index (χ1n) is 6.60. The lowest BCUT2D eigenvalue weighted by molar-refractivity contribution is 0.311. The van der Waals surface area contributed by atoms with Gasteiger partial charge in [0.2, 0.25) is 0 Å². The maximum absolute atomic E-state index is 5.63. The summed E-state index contributed by atoms with van der Waals surface area (Å²) in [5, 5.41) is 0. The molecule has 1 saturated heterocycles. The molecule has 0 bridgehead atoms. The number of rotatable bonds is 3. The summed E-state index contributed by atoms with van der Waals surface area (Å²) in [4.78, 5) is 6.70. The Labute approximate surface area is 104 Å². The zero-order chi connectivity index (χ0) is 12.3. The summed E-state index contributed by atoms with van der Waals surface area (Å²) in [5.74, 6) is 1.70. The van der Waals surface area contributed by atoms with Crippen LogP contribution in [0, 0.1) is 11.8 Å². The number of anilines is 1. The molecule has 2 N–H and O–H groups in total. The van der Waals surface area contributed by atoms with E-state index in [9.17, 15) is 0 Å². The molecule has 0 unspecified atom stereocenters. The zero-order valence-corrected chi connectivity index (χ0v) is 10.9. The van der Waals surface area contributed by atoms with Gasteiger partial charge in [0.1, 0.15) is 0 Å². The minimum atomic E-state index is 0.524. The van der Waals surface area contributed by atoms with Crippen molar-refractivity contribution >= 4 is 5.69 Å². The summed E-state index contributed by atoms with van der Waals surface area (Å²) < 4.78 is 0. The van der Waals surface area contributed by atoms with Gasteiger partial charge in [-0.15, -0.1) is 0 Å². The van der Waals surface area contributed by atoms with Crippen LogP contribution in [-0.4, -0.2) is 18.1 Å². The number of piperidine rings is 1. The van der Waals surface area contributed by atoms with Gasteiger partial charge in [-0.2, -0.15) is 0 Å². The molecular formula is C14H23N3. The standard InChI is InChI=1S/C14H23N3/c1-11(2)12-4-7-17(8-5-12)14-3-6-16-13(9-14)10-15/h3,6,9,11-12H,4-5,7-8,10,15H2,1-2H3. The topological polar surface area (TPSA) is 42.2 Å². The maximum Gasteiger partial charge on any atom is 0.0560 e. The van der Waals surface area contributed by atoms with Crippen LogP contribution in [0.2, 0.25) is 0 Å². The number of hydrogen-bond acceptors (Lipinski definition) is 3. The van der Waals surface area contributed by atoms with E-state index in [0.717, 1.165) is 30.6 Å². The van der Waals surface area contributed by atoms with Crippen molar-refractivity contribution in [3.05, 3.63) is 24.0 Å². The number of nitrogens with zero attached hydrogens (tertiary/aromatic N) is 2. The molecule has 1 aromatic heterocycles. The van der Waals surface area contributed by atoms with Crippen LogP contribution in [0.3, 0.4) is 0 Å². The second-order valence-electron chi connectivity index (χ2n) is 5.28. The van der Waals surface area contributed by atoms with Gasteiger partial charge in [0.05, 0.1) is 5.69 Å². The number of hydrogen-bond donors (Lipinski definition) is 1. The lowest BCUT2D eigenvalue weighted by Gasteiger charge is -2.35. The van der Waals surface area contributed by atoms with E-state index in [-0.39, 0.29) is 0 Å². The van der Waals surface area contributed by atoms with Crippen LogP contribution in [0.1, 0.15) is 32.4 Å². The third-order valence-electron chi connectivity index (χ3n) is 3.86. The molecule has 17 heavy (non-hydrogen) atoms. The van der Waals surface area contributed by atoms with Crippen molar-refractivity contribution in [2.45, 2.75) is 33.2 Å². The average molecular weight is 233 g/mol. The van der Waals surface area contributed by atoms with E-state index >= 15 is 0 Å². The molecule has 3 heteroatoms. The highest BCUT2D eigenvalue weighted by Gasteiger charge is 2.21. The predicted octanol–water partition coefficient (Wildman–Crippen LogP) is 2.41. The first-order chi connectivity index (χ1) is 8.20. The summed E-state index contributed by atoms with van der Waals surface area (Å²) in [6.45, 7) is 7.52. The highest BCUT2D eigenvalue weighted by molar-refractivity contribution is 5.46. The quantitative estimate of drug-likeness (QED) is 0.871. The van der Waals surface area contributed by atoms with Gasteiger partial charge in [0.15, 0.2) is 0 Å². The Morgan fingerprint density at radius 1 is 1.41 bits per heavy atom. The largest absolute Gasteiger partial charge is 0.371 e. The van der Waals surface area contributed by atoms with Gasteiger partial charge in [-0.25, -0.2) is 0 Å². The summed E-state index contributed by atoms with van der Waals surface area (Å²) in [7, 11) is 0. The molecule has 94 valence electrons. The average Bonchev–Trinajstić information content (AvgIpc) is 2.39. The molecule has 2 heterocycles. The molecule has 1 aromatic rings. The van der Waals surface area contributed by atoms with Crippen LogP contribution >= 0.6 is 0 Å². The molecule has 0 aromatic carbocycles. The molecule has 0 atom stereocenters. The van der Waals surface area contributed by atoms with Gasteiger partial charge in [-0.3, -0.25) is 4.98 Å². The molecular weight excluding hydrogens is 210 g/mol.